The molecule has 0 aliphatic rings. The predicted octanol–water partition coefficient (Wildman–Crippen LogP) is 4.10. The Hall–Kier alpha value is -3.01. The summed E-state index contributed by atoms with van der Waals surface area (Å²) in [4.78, 5) is 13.8. The van der Waals surface area contributed by atoms with E-state index in [1.165, 1.54) is 0 Å². The Morgan fingerprint density at radius 2 is 1.65 bits per heavy atom. The van der Waals surface area contributed by atoms with Gasteiger partial charge in [-0.1, -0.05) is 36.4 Å². The number of hydrogen-bond donors (Lipinski definition) is 1. The Balaban J connectivity index is 1.67. The topological polar surface area (TPSA) is 50.7 Å². The molecule has 4 heteroatoms. The van der Waals surface area contributed by atoms with E-state index in [4.69, 9.17) is 0 Å². The van der Waals surface area contributed by atoms with E-state index in [1.54, 1.807) is 0 Å². The van der Waals surface area contributed by atoms with Crippen molar-refractivity contribution < 1.29 is 0 Å². The van der Waals surface area contributed by atoms with Gasteiger partial charge in [0.1, 0.15) is 5.82 Å². The predicted molar refractivity (Wildman–Crippen MR) is 93.3 cm³/mol. The van der Waals surface area contributed by atoms with Crippen molar-refractivity contribution in [2.45, 2.75) is 13.5 Å². The first-order valence-electron chi connectivity index (χ1n) is 7.61. The van der Waals surface area contributed by atoms with Gasteiger partial charge in [0.05, 0.1) is 22.2 Å². The minimum absolute atomic E-state index is 0.669. The van der Waals surface area contributed by atoms with Gasteiger partial charge in [0.15, 0.2) is 0 Å². The van der Waals surface area contributed by atoms with Crippen LogP contribution in [-0.2, 0) is 6.54 Å². The van der Waals surface area contributed by atoms with Gasteiger partial charge in [0, 0.05) is 18.1 Å². The fourth-order valence-corrected chi connectivity index (χ4v) is 2.74. The van der Waals surface area contributed by atoms with E-state index in [9.17, 15) is 0 Å². The molecule has 0 bridgehead atoms. The minimum atomic E-state index is 0.669. The monoisotopic (exact) mass is 300 g/mol. The first kappa shape index (κ1) is 13.6. The van der Waals surface area contributed by atoms with Gasteiger partial charge in [0.25, 0.3) is 0 Å². The van der Waals surface area contributed by atoms with Crippen LogP contribution in [0.2, 0.25) is 0 Å². The summed E-state index contributed by atoms with van der Waals surface area (Å²) in [5, 5.41) is 4.55. The summed E-state index contributed by atoms with van der Waals surface area (Å²) >= 11 is 0. The van der Waals surface area contributed by atoms with E-state index >= 15 is 0 Å². The van der Waals surface area contributed by atoms with Crippen LogP contribution in [0.15, 0.2) is 60.8 Å². The SMILES string of the molecule is Cc1nc2ccccc2nc1NCc1cccc2cccnc12. The summed E-state index contributed by atoms with van der Waals surface area (Å²) < 4.78 is 0. The summed E-state index contributed by atoms with van der Waals surface area (Å²) in [5.74, 6) is 0.816. The molecule has 0 aliphatic heterocycles. The normalized spacial score (nSPS) is 11.0. The van der Waals surface area contributed by atoms with Gasteiger partial charge in [0.2, 0.25) is 0 Å². The number of nitrogens with zero attached hydrogens (tertiary/aromatic N) is 3. The molecule has 0 saturated carbocycles. The summed E-state index contributed by atoms with van der Waals surface area (Å²) in [6.07, 6.45) is 1.83. The molecule has 23 heavy (non-hydrogen) atoms. The first-order chi connectivity index (χ1) is 11.3. The molecule has 2 aromatic heterocycles. The van der Waals surface area contributed by atoms with Crippen molar-refractivity contribution in [3.8, 4) is 0 Å². The van der Waals surface area contributed by atoms with Crippen LogP contribution in [0.5, 0.6) is 0 Å². The second kappa shape index (κ2) is 5.65. The number of aromatic nitrogens is 3. The lowest BCUT2D eigenvalue weighted by molar-refractivity contribution is 1.08. The van der Waals surface area contributed by atoms with E-state index in [0.717, 1.165) is 39.0 Å². The molecule has 0 fully saturated rings. The van der Waals surface area contributed by atoms with Gasteiger partial charge in [-0.05, 0) is 30.7 Å². The molecule has 0 spiro atoms. The molecule has 0 atom stereocenters. The molecule has 0 amide bonds. The maximum atomic E-state index is 4.68. The van der Waals surface area contributed by atoms with Crippen molar-refractivity contribution in [2.75, 3.05) is 5.32 Å². The highest BCUT2D eigenvalue weighted by Gasteiger charge is 2.06. The van der Waals surface area contributed by atoms with E-state index in [0.29, 0.717) is 6.54 Å². The van der Waals surface area contributed by atoms with E-state index in [1.807, 2.05) is 43.5 Å². The smallest absolute Gasteiger partial charge is 0.148 e. The third-order valence-electron chi connectivity index (χ3n) is 3.91. The van der Waals surface area contributed by atoms with Crippen LogP contribution >= 0.6 is 0 Å². The molecule has 1 N–H and O–H groups in total. The van der Waals surface area contributed by atoms with Crippen LogP contribution in [-0.4, -0.2) is 15.0 Å². The molecule has 4 nitrogen and oxygen atoms in total. The number of nitrogens with one attached hydrogen (secondary N) is 1. The fraction of sp³-hybridized carbons (Fsp3) is 0.105. The maximum Gasteiger partial charge on any atom is 0.148 e. The zero-order valence-electron chi connectivity index (χ0n) is 12.8. The maximum absolute atomic E-state index is 4.68. The third kappa shape index (κ3) is 2.59. The summed E-state index contributed by atoms with van der Waals surface area (Å²) in [7, 11) is 0. The van der Waals surface area contributed by atoms with Gasteiger partial charge in [-0.2, -0.15) is 0 Å². The molecule has 0 radical (unpaired) electrons. The van der Waals surface area contributed by atoms with Crippen LogP contribution in [0.1, 0.15) is 11.3 Å². The van der Waals surface area contributed by atoms with E-state index in [-0.39, 0.29) is 0 Å². The second-order valence-corrected chi connectivity index (χ2v) is 5.49. The highest BCUT2D eigenvalue weighted by molar-refractivity contribution is 5.82. The molecule has 0 saturated heterocycles. The van der Waals surface area contributed by atoms with Gasteiger partial charge >= 0.3 is 0 Å². The van der Waals surface area contributed by atoms with Crippen LogP contribution < -0.4 is 5.32 Å². The van der Waals surface area contributed by atoms with Gasteiger partial charge < -0.3 is 5.32 Å². The van der Waals surface area contributed by atoms with Crippen LogP contribution in [0, 0.1) is 6.92 Å². The Bertz CT molecular complexity index is 989. The summed E-state index contributed by atoms with van der Waals surface area (Å²) in [6.45, 7) is 2.64. The molecular formula is C19H16N4. The van der Waals surface area contributed by atoms with Gasteiger partial charge in [-0.3, -0.25) is 4.98 Å². The third-order valence-corrected chi connectivity index (χ3v) is 3.91. The Kier molecular flexibility index (Phi) is 3.35. The Morgan fingerprint density at radius 1 is 0.870 bits per heavy atom. The lowest BCUT2D eigenvalue weighted by atomic mass is 10.1. The van der Waals surface area contributed by atoms with Crippen molar-refractivity contribution in [1.29, 1.82) is 0 Å². The summed E-state index contributed by atoms with van der Waals surface area (Å²) in [6, 6.07) is 18.2. The average Bonchev–Trinajstić information content (AvgIpc) is 2.60. The number of fused-ring (bicyclic) bond motifs is 2. The Morgan fingerprint density at radius 3 is 2.52 bits per heavy atom. The van der Waals surface area contributed by atoms with E-state index in [2.05, 4.69) is 44.5 Å². The number of benzene rings is 2. The average molecular weight is 300 g/mol. The molecule has 0 aliphatic carbocycles. The van der Waals surface area contributed by atoms with Gasteiger partial charge in [-0.15, -0.1) is 0 Å². The quantitative estimate of drug-likeness (QED) is 0.619. The lowest BCUT2D eigenvalue weighted by Gasteiger charge is -2.10. The zero-order chi connectivity index (χ0) is 15.6. The number of pyridine rings is 1. The standard InChI is InChI=1S/C19H16N4/c1-13-19(23-17-10-3-2-9-16(17)22-13)21-12-15-7-4-6-14-8-5-11-20-18(14)15/h2-11H,12H2,1H3,(H,21,23). The van der Waals surface area contributed by atoms with Crippen molar-refractivity contribution >= 4 is 27.8 Å². The summed E-state index contributed by atoms with van der Waals surface area (Å²) in [5.41, 5.74) is 4.89. The van der Waals surface area contributed by atoms with Crippen molar-refractivity contribution in [3.63, 3.8) is 0 Å². The van der Waals surface area contributed by atoms with Crippen molar-refractivity contribution in [2.24, 2.45) is 0 Å². The van der Waals surface area contributed by atoms with Gasteiger partial charge in [-0.25, -0.2) is 9.97 Å². The Labute approximate surface area is 134 Å². The molecule has 2 aromatic carbocycles. The largest absolute Gasteiger partial charge is 0.364 e. The van der Waals surface area contributed by atoms with Crippen molar-refractivity contribution in [1.82, 2.24) is 15.0 Å². The molecule has 2 heterocycles. The zero-order valence-corrected chi connectivity index (χ0v) is 12.8. The number of para-hydroxylation sites is 3. The highest BCUT2D eigenvalue weighted by atomic mass is 15.0. The number of aryl methyl sites for hydroxylation is 1. The number of hydrogen-bond acceptors (Lipinski definition) is 4. The van der Waals surface area contributed by atoms with Crippen LogP contribution in [0.25, 0.3) is 21.9 Å². The molecule has 4 aromatic rings. The van der Waals surface area contributed by atoms with Crippen LogP contribution in [0.3, 0.4) is 0 Å². The minimum Gasteiger partial charge on any atom is -0.364 e. The number of anilines is 1. The van der Waals surface area contributed by atoms with E-state index < -0.39 is 0 Å². The fourth-order valence-electron chi connectivity index (χ4n) is 2.74. The van der Waals surface area contributed by atoms with Crippen LogP contribution in [0.4, 0.5) is 5.82 Å². The molecule has 112 valence electrons. The van der Waals surface area contributed by atoms with Crippen molar-refractivity contribution in [3.05, 3.63) is 72.1 Å². The second-order valence-electron chi connectivity index (χ2n) is 5.49. The highest BCUT2D eigenvalue weighted by Crippen LogP contribution is 2.19. The first-order valence-corrected chi connectivity index (χ1v) is 7.61. The molecule has 0 unspecified atom stereocenters. The lowest BCUT2D eigenvalue weighted by Crippen LogP contribution is -2.05. The molecular weight excluding hydrogens is 284 g/mol. The number of rotatable bonds is 3. The molecule has 4 rings (SSSR count).